The van der Waals surface area contributed by atoms with Crippen LogP contribution >= 0.6 is 0 Å². The molecular formula is C22H36N2O3. The van der Waals surface area contributed by atoms with Crippen LogP contribution in [0.3, 0.4) is 0 Å². The van der Waals surface area contributed by atoms with Gasteiger partial charge in [0.2, 0.25) is 11.8 Å². The number of hydrogen-bond acceptors (Lipinski definition) is 3. The van der Waals surface area contributed by atoms with Crippen LogP contribution in [0.5, 0.6) is 5.75 Å². The van der Waals surface area contributed by atoms with Gasteiger partial charge in [0.25, 0.3) is 0 Å². The molecule has 0 saturated heterocycles. The monoisotopic (exact) mass is 376 g/mol. The maximum absolute atomic E-state index is 12.2. The zero-order chi connectivity index (χ0) is 20.1. The third kappa shape index (κ3) is 9.45. The Morgan fingerprint density at radius 3 is 2.37 bits per heavy atom. The SMILES string of the molecule is CCCN(CCC)C(=O)CCCC(=O)NCc1ccccc1OCC(C)C. The molecule has 1 N–H and O–H groups in total. The van der Waals surface area contributed by atoms with Gasteiger partial charge >= 0.3 is 0 Å². The molecule has 0 unspecified atom stereocenters. The summed E-state index contributed by atoms with van der Waals surface area (Å²) in [5.74, 6) is 1.39. The number of ether oxygens (including phenoxy) is 1. The van der Waals surface area contributed by atoms with Gasteiger partial charge < -0.3 is 15.0 Å². The molecule has 0 aliphatic heterocycles. The van der Waals surface area contributed by atoms with Gasteiger partial charge in [-0.1, -0.05) is 45.9 Å². The minimum absolute atomic E-state index is 0.0287. The predicted molar refractivity (Wildman–Crippen MR) is 110 cm³/mol. The fraction of sp³-hybridized carbons (Fsp3) is 0.636. The summed E-state index contributed by atoms with van der Waals surface area (Å²) in [4.78, 5) is 26.3. The zero-order valence-electron chi connectivity index (χ0n) is 17.4. The van der Waals surface area contributed by atoms with Gasteiger partial charge in [-0.15, -0.1) is 0 Å². The fourth-order valence-electron chi connectivity index (χ4n) is 2.79. The van der Waals surface area contributed by atoms with Crippen LogP contribution in [0.4, 0.5) is 0 Å². The van der Waals surface area contributed by atoms with Gasteiger partial charge in [-0.3, -0.25) is 9.59 Å². The zero-order valence-corrected chi connectivity index (χ0v) is 17.4. The van der Waals surface area contributed by atoms with E-state index in [2.05, 4.69) is 33.0 Å². The van der Waals surface area contributed by atoms with Crippen molar-refractivity contribution in [1.82, 2.24) is 10.2 Å². The lowest BCUT2D eigenvalue weighted by molar-refractivity contribution is -0.131. The lowest BCUT2D eigenvalue weighted by Gasteiger charge is -2.21. The van der Waals surface area contributed by atoms with E-state index in [0.717, 1.165) is 37.2 Å². The first-order valence-electron chi connectivity index (χ1n) is 10.2. The molecule has 0 aliphatic rings. The van der Waals surface area contributed by atoms with Crippen LogP contribution in [-0.2, 0) is 16.1 Å². The first-order chi connectivity index (χ1) is 13.0. The summed E-state index contributed by atoms with van der Waals surface area (Å²) in [5.41, 5.74) is 0.972. The molecule has 5 heteroatoms. The molecule has 0 bridgehead atoms. The van der Waals surface area contributed by atoms with Gasteiger partial charge in [0.05, 0.1) is 6.61 Å². The Balaban J connectivity index is 2.38. The summed E-state index contributed by atoms with van der Waals surface area (Å²) >= 11 is 0. The Hall–Kier alpha value is -2.04. The Bertz CT molecular complexity index is 566. The molecule has 0 saturated carbocycles. The van der Waals surface area contributed by atoms with Crippen molar-refractivity contribution >= 4 is 11.8 Å². The number of amides is 2. The van der Waals surface area contributed by atoms with Crippen molar-refractivity contribution in [3.05, 3.63) is 29.8 Å². The number of carbonyl (C=O) groups is 2. The Kier molecular flexibility index (Phi) is 11.2. The highest BCUT2D eigenvalue weighted by atomic mass is 16.5. The number of nitrogens with zero attached hydrogens (tertiary/aromatic N) is 1. The van der Waals surface area contributed by atoms with E-state index in [-0.39, 0.29) is 11.8 Å². The number of para-hydroxylation sites is 1. The minimum Gasteiger partial charge on any atom is -0.493 e. The van der Waals surface area contributed by atoms with Crippen molar-refractivity contribution in [2.45, 2.75) is 66.3 Å². The average Bonchev–Trinajstić information content (AvgIpc) is 2.65. The summed E-state index contributed by atoms with van der Waals surface area (Å²) in [7, 11) is 0. The minimum atomic E-state index is -0.0287. The molecule has 1 rings (SSSR count). The predicted octanol–water partition coefficient (Wildman–Crippen LogP) is 4.16. The fourth-order valence-corrected chi connectivity index (χ4v) is 2.79. The Morgan fingerprint density at radius 2 is 1.74 bits per heavy atom. The summed E-state index contributed by atoms with van der Waals surface area (Å²) in [5, 5.41) is 2.94. The lowest BCUT2D eigenvalue weighted by Crippen LogP contribution is -2.32. The van der Waals surface area contributed by atoms with Crippen molar-refractivity contribution < 1.29 is 14.3 Å². The first-order valence-corrected chi connectivity index (χ1v) is 10.2. The largest absolute Gasteiger partial charge is 0.493 e. The van der Waals surface area contributed by atoms with Gasteiger partial charge in [-0.25, -0.2) is 0 Å². The molecule has 0 aromatic heterocycles. The highest BCUT2D eigenvalue weighted by molar-refractivity contribution is 5.79. The number of hydrogen-bond donors (Lipinski definition) is 1. The van der Waals surface area contributed by atoms with Crippen molar-refractivity contribution in [1.29, 1.82) is 0 Å². The highest BCUT2D eigenvalue weighted by Crippen LogP contribution is 2.18. The van der Waals surface area contributed by atoms with E-state index in [1.54, 1.807) is 0 Å². The topological polar surface area (TPSA) is 58.6 Å². The van der Waals surface area contributed by atoms with Crippen molar-refractivity contribution in [3.63, 3.8) is 0 Å². The molecule has 152 valence electrons. The third-order valence-corrected chi connectivity index (χ3v) is 4.16. The van der Waals surface area contributed by atoms with Crippen molar-refractivity contribution in [2.75, 3.05) is 19.7 Å². The van der Waals surface area contributed by atoms with Gasteiger partial charge in [0.15, 0.2) is 0 Å². The van der Waals surface area contributed by atoms with Gasteiger partial charge in [0, 0.05) is 38.0 Å². The van der Waals surface area contributed by atoms with E-state index in [1.807, 2.05) is 29.2 Å². The van der Waals surface area contributed by atoms with Crippen LogP contribution in [-0.4, -0.2) is 36.4 Å². The summed E-state index contributed by atoms with van der Waals surface area (Å²) < 4.78 is 5.81. The Morgan fingerprint density at radius 1 is 1.07 bits per heavy atom. The molecular weight excluding hydrogens is 340 g/mol. The van der Waals surface area contributed by atoms with Gasteiger partial charge in [0.1, 0.15) is 5.75 Å². The van der Waals surface area contributed by atoms with Crippen LogP contribution in [0.25, 0.3) is 0 Å². The normalized spacial score (nSPS) is 10.7. The van der Waals surface area contributed by atoms with E-state index in [0.29, 0.717) is 38.3 Å². The summed E-state index contributed by atoms with van der Waals surface area (Å²) in [6.07, 6.45) is 3.31. The molecule has 0 radical (unpaired) electrons. The standard InChI is InChI=1S/C22H36N2O3/c1-5-14-24(15-6-2)22(26)13-9-12-21(25)23-16-19-10-7-8-11-20(19)27-17-18(3)4/h7-8,10-11,18H,5-6,9,12-17H2,1-4H3,(H,23,25). The molecule has 0 aliphatic carbocycles. The second kappa shape index (κ2) is 13.2. The summed E-state index contributed by atoms with van der Waals surface area (Å²) in [6, 6.07) is 7.77. The molecule has 2 amide bonds. The number of rotatable bonds is 13. The van der Waals surface area contributed by atoms with Crippen LogP contribution in [0.15, 0.2) is 24.3 Å². The highest BCUT2D eigenvalue weighted by Gasteiger charge is 2.12. The molecule has 27 heavy (non-hydrogen) atoms. The maximum atomic E-state index is 12.2. The third-order valence-electron chi connectivity index (χ3n) is 4.16. The smallest absolute Gasteiger partial charge is 0.222 e. The van der Waals surface area contributed by atoms with Crippen LogP contribution < -0.4 is 10.1 Å². The second-order valence-corrected chi connectivity index (χ2v) is 7.32. The van der Waals surface area contributed by atoms with E-state index in [9.17, 15) is 9.59 Å². The second-order valence-electron chi connectivity index (χ2n) is 7.32. The summed E-state index contributed by atoms with van der Waals surface area (Å²) in [6.45, 7) is 11.1. The maximum Gasteiger partial charge on any atom is 0.222 e. The molecule has 0 heterocycles. The number of nitrogens with one attached hydrogen (secondary N) is 1. The first kappa shape index (κ1) is 23.0. The van der Waals surface area contributed by atoms with E-state index >= 15 is 0 Å². The van der Waals surface area contributed by atoms with Gasteiger partial charge in [-0.2, -0.15) is 0 Å². The van der Waals surface area contributed by atoms with Crippen molar-refractivity contribution in [2.24, 2.45) is 5.92 Å². The van der Waals surface area contributed by atoms with E-state index in [4.69, 9.17) is 4.74 Å². The van der Waals surface area contributed by atoms with E-state index < -0.39 is 0 Å². The van der Waals surface area contributed by atoms with E-state index in [1.165, 1.54) is 0 Å². The Labute approximate surface area is 164 Å². The number of carbonyl (C=O) groups excluding carboxylic acids is 2. The van der Waals surface area contributed by atoms with Gasteiger partial charge in [-0.05, 0) is 31.2 Å². The van der Waals surface area contributed by atoms with Crippen LogP contribution in [0.2, 0.25) is 0 Å². The average molecular weight is 377 g/mol. The molecule has 1 aromatic carbocycles. The van der Waals surface area contributed by atoms with Crippen LogP contribution in [0, 0.1) is 5.92 Å². The molecule has 1 aromatic rings. The lowest BCUT2D eigenvalue weighted by atomic mass is 10.1. The molecule has 0 fully saturated rings. The van der Waals surface area contributed by atoms with Crippen LogP contribution in [0.1, 0.15) is 65.4 Å². The molecule has 0 atom stereocenters. The quantitative estimate of drug-likeness (QED) is 0.562. The van der Waals surface area contributed by atoms with Crippen molar-refractivity contribution in [3.8, 4) is 5.75 Å². The number of benzene rings is 1. The molecule has 5 nitrogen and oxygen atoms in total. The molecule has 0 spiro atoms.